The zero-order chi connectivity index (χ0) is 19.4. The van der Waals surface area contributed by atoms with E-state index in [-0.39, 0.29) is 17.9 Å². The van der Waals surface area contributed by atoms with Crippen molar-refractivity contribution < 1.29 is 9.90 Å². The number of carbonyl (C=O) groups excluding carboxylic acids is 1. The minimum absolute atomic E-state index is 0.198. The fourth-order valence-electron chi connectivity index (χ4n) is 3.26. The van der Waals surface area contributed by atoms with E-state index in [1.165, 1.54) is 0 Å². The van der Waals surface area contributed by atoms with Crippen LogP contribution >= 0.6 is 0 Å². The zero-order valence-corrected chi connectivity index (χ0v) is 16.1. The molecule has 2 N–H and O–H groups in total. The molecule has 1 aliphatic heterocycles. The van der Waals surface area contributed by atoms with Gasteiger partial charge in [-0.1, -0.05) is 19.9 Å². The third kappa shape index (κ3) is 4.60. The maximum absolute atomic E-state index is 12.6. The van der Waals surface area contributed by atoms with Crippen molar-refractivity contribution in [2.75, 3.05) is 18.0 Å². The lowest BCUT2D eigenvalue weighted by Gasteiger charge is -2.32. The fraction of sp³-hybridized carbons (Fsp3) is 0.500. The molecule has 7 nitrogen and oxygen atoms in total. The smallest absolute Gasteiger partial charge is 0.254 e. The first kappa shape index (κ1) is 19.2. The number of nitrogens with one attached hydrogen (secondary N) is 1. The van der Waals surface area contributed by atoms with Crippen LogP contribution in [0.25, 0.3) is 0 Å². The molecule has 144 valence electrons. The Morgan fingerprint density at radius 1 is 1.41 bits per heavy atom. The Bertz CT molecular complexity index is 809. The largest absolute Gasteiger partial charge is 0.391 e. The maximum atomic E-state index is 12.6. The molecule has 27 heavy (non-hydrogen) atoms. The maximum Gasteiger partial charge on any atom is 0.254 e. The van der Waals surface area contributed by atoms with Crippen molar-refractivity contribution in [1.82, 2.24) is 20.3 Å². The third-order valence-corrected chi connectivity index (χ3v) is 4.76. The standard InChI is InChI=1S/C20H27N5O2/c1-13(2)18-22-11-17(14(3)24-18)20(27)23-10-15-6-4-8-21-19(15)25-9-5-7-16(26)12-25/h4,6,8,11,13,16,26H,5,7,9-10,12H2,1-3H3,(H,23,27). The highest BCUT2D eigenvalue weighted by molar-refractivity contribution is 5.94. The molecule has 3 heterocycles. The van der Waals surface area contributed by atoms with Gasteiger partial charge in [-0.05, 0) is 25.8 Å². The first-order valence-electron chi connectivity index (χ1n) is 9.44. The number of aromatic nitrogens is 3. The summed E-state index contributed by atoms with van der Waals surface area (Å²) < 4.78 is 0. The SMILES string of the molecule is Cc1nc(C(C)C)ncc1C(=O)NCc1cccnc1N1CCCC(O)C1. The number of aliphatic hydroxyl groups is 1. The first-order chi connectivity index (χ1) is 13.0. The van der Waals surface area contributed by atoms with Crippen LogP contribution in [-0.4, -0.2) is 45.2 Å². The van der Waals surface area contributed by atoms with Crippen molar-refractivity contribution in [1.29, 1.82) is 0 Å². The van der Waals surface area contributed by atoms with Crippen LogP contribution in [0.5, 0.6) is 0 Å². The zero-order valence-electron chi connectivity index (χ0n) is 16.1. The summed E-state index contributed by atoms with van der Waals surface area (Å²) in [7, 11) is 0. The van der Waals surface area contributed by atoms with Gasteiger partial charge in [0.05, 0.1) is 17.4 Å². The summed E-state index contributed by atoms with van der Waals surface area (Å²) in [6.45, 7) is 7.67. The molecule has 1 unspecified atom stereocenters. The third-order valence-electron chi connectivity index (χ3n) is 4.76. The highest BCUT2D eigenvalue weighted by Gasteiger charge is 2.21. The number of aryl methyl sites for hydroxylation is 1. The van der Waals surface area contributed by atoms with Gasteiger partial charge in [-0.15, -0.1) is 0 Å². The Kier molecular flexibility index (Phi) is 6.01. The topological polar surface area (TPSA) is 91.2 Å². The highest BCUT2D eigenvalue weighted by Crippen LogP contribution is 2.22. The van der Waals surface area contributed by atoms with Crippen molar-refractivity contribution in [3.63, 3.8) is 0 Å². The second kappa shape index (κ2) is 8.43. The van der Waals surface area contributed by atoms with Gasteiger partial charge >= 0.3 is 0 Å². The summed E-state index contributed by atoms with van der Waals surface area (Å²) in [5.74, 6) is 1.58. The molecule has 0 aliphatic carbocycles. The molecule has 0 aromatic carbocycles. The minimum Gasteiger partial charge on any atom is -0.391 e. The van der Waals surface area contributed by atoms with Gasteiger partial charge in [0.25, 0.3) is 5.91 Å². The Hall–Kier alpha value is -2.54. The number of aliphatic hydroxyl groups excluding tert-OH is 1. The van der Waals surface area contributed by atoms with Crippen molar-refractivity contribution in [2.45, 2.75) is 52.2 Å². The molecular weight excluding hydrogens is 342 g/mol. The summed E-state index contributed by atoms with van der Waals surface area (Å²) in [6.07, 6.45) is 4.76. The van der Waals surface area contributed by atoms with Gasteiger partial charge in [0.15, 0.2) is 0 Å². The quantitative estimate of drug-likeness (QED) is 0.840. The summed E-state index contributed by atoms with van der Waals surface area (Å²) in [5.41, 5.74) is 2.09. The van der Waals surface area contributed by atoms with Gasteiger partial charge in [-0.2, -0.15) is 0 Å². The second-order valence-electron chi connectivity index (χ2n) is 7.29. The second-order valence-corrected chi connectivity index (χ2v) is 7.29. The number of anilines is 1. The average Bonchev–Trinajstić information content (AvgIpc) is 2.66. The lowest BCUT2D eigenvalue weighted by molar-refractivity contribution is 0.0949. The van der Waals surface area contributed by atoms with Crippen molar-refractivity contribution in [2.24, 2.45) is 0 Å². The van der Waals surface area contributed by atoms with Crippen LogP contribution in [-0.2, 0) is 6.54 Å². The molecule has 0 spiro atoms. The number of hydrogen-bond donors (Lipinski definition) is 2. The van der Waals surface area contributed by atoms with E-state index in [1.54, 1.807) is 12.4 Å². The van der Waals surface area contributed by atoms with Gasteiger partial charge in [0, 0.05) is 43.5 Å². The van der Waals surface area contributed by atoms with Gasteiger partial charge < -0.3 is 15.3 Å². The van der Waals surface area contributed by atoms with E-state index in [0.29, 0.717) is 24.3 Å². The lowest BCUT2D eigenvalue weighted by atomic mass is 10.1. The molecule has 2 aromatic rings. The molecule has 7 heteroatoms. The van der Waals surface area contributed by atoms with Crippen molar-refractivity contribution in [3.8, 4) is 0 Å². The Balaban J connectivity index is 1.71. The normalized spacial score (nSPS) is 17.2. The molecule has 0 saturated carbocycles. The lowest BCUT2D eigenvalue weighted by Crippen LogP contribution is -2.39. The van der Waals surface area contributed by atoms with E-state index < -0.39 is 0 Å². The highest BCUT2D eigenvalue weighted by atomic mass is 16.3. The van der Waals surface area contributed by atoms with E-state index >= 15 is 0 Å². The first-order valence-corrected chi connectivity index (χ1v) is 9.44. The molecule has 1 amide bonds. The van der Waals surface area contributed by atoms with E-state index in [1.807, 2.05) is 32.9 Å². The van der Waals surface area contributed by atoms with Crippen LogP contribution in [0.3, 0.4) is 0 Å². The molecular formula is C20H27N5O2. The van der Waals surface area contributed by atoms with Gasteiger partial charge in [0.2, 0.25) is 0 Å². The fourth-order valence-corrected chi connectivity index (χ4v) is 3.26. The predicted molar refractivity (Wildman–Crippen MR) is 104 cm³/mol. The average molecular weight is 369 g/mol. The van der Waals surface area contributed by atoms with E-state index in [2.05, 4.69) is 25.2 Å². The summed E-state index contributed by atoms with van der Waals surface area (Å²) >= 11 is 0. The number of rotatable bonds is 5. The molecule has 0 bridgehead atoms. The summed E-state index contributed by atoms with van der Waals surface area (Å²) in [4.78, 5) is 27.9. The van der Waals surface area contributed by atoms with Crippen LogP contribution < -0.4 is 10.2 Å². The van der Waals surface area contributed by atoms with E-state index in [0.717, 1.165) is 36.6 Å². The summed E-state index contributed by atoms with van der Waals surface area (Å²) in [6, 6.07) is 3.81. The number of carbonyl (C=O) groups is 1. The van der Waals surface area contributed by atoms with Crippen LogP contribution in [0.1, 0.15) is 60.0 Å². The van der Waals surface area contributed by atoms with Crippen molar-refractivity contribution in [3.05, 3.63) is 47.2 Å². The number of piperidine rings is 1. The number of hydrogen-bond acceptors (Lipinski definition) is 6. The van der Waals surface area contributed by atoms with E-state index in [4.69, 9.17) is 0 Å². The van der Waals surface area contributed by atoms with Crippen LogP contribution in [0.15, 0.2) is 24.5 Å². The van der Waals surface area contributed by atoms with Gasteiger partial charge in [0.1, 0.15) is 11.6 Å². The summed E-state index contributed by atoms with van der Waals surface area (Å²) in [5, 5.41) is 12.9. The Morgan fingerprint density at radius 2 is 2.22 bits per heavy atom. The minimum atomic E-state index is -0.331. The van der Waals surface area contributed by atoms with E-state index in [9.17, 15) is 9.90 Å². The Labute approximate surface area is 159 Å². The molecule has 1 fully saturated rings. The van der Waals surface area contributed by atoms with Crippen LogP contribution in [0.2, 0.25) is 0 Å². The Morgan fingerprint density at radius 3 is 2.93 bits per heavy atom. The number of amides is 1. The molecule has 2 aromatic heterocycles. The van der Waals surface area contributed by atoms with Crippen molar-refractivity contribution >= 4 is 11.7 Å². The van der Waals surface area contributed by atoms with Crippen LogP contribution in [0, 0.1) is 6.92 Å². The van der Waals surface area contributed by atoms with Gasteiger partial charge in [-0.25, -0.2) is 15.0 Å². The number of nitrogens with zero attached hydrogens (tertiary/aromatic N) is 4. The molecule has 1 aliphatic rings. The molecule has 3 rings (SSSR count). The monoisotopic (exact) mass is 369 g/mol. The van der Waals surface area contributed by atoms with Crippen LogP contribution in [0.4, 0.5) is 5.82 Å². The number of pyridine rings is 1. The predicted octanol–water partition coefficient (Wildman–Crippen LogP) is 2.19. The molecule has 1 saturated heterocycles. The molecule has 1 atom stereocenters. The molecule has 0 radical (unpaired) electrons. The number of β-amino-alcohol motifs (C(OH)–C–C–N with tert-alkyl or cyclic N) is 1. The van der Waals surface area contributed by atoms with Gasteiger partial charge in [-0.3, -0.25) is 4.79 Å².